The van der Waals surface area contributed by atoms with E-state index in [0.717, 1.165) is 0 Å². The highest BCUT2D eigenvalue weighted by Gasteiger charge is 2.39. The largest absolute Gasteiger partial charge is 0.394 e. The molecular weight excluding hydrogens is 305 g/mol. The number of imidazole rings is 1. The molecule has 0 aromatic carbocycles. The van der Waals surface area contributed by atoms with Gasteiger partial charge >= 0.3 is 0 Å². The number of alkyl halides is 1. The lowest BCUT2D eigenvalue weighted by Crippen LogP contribution is -2.45. The lowest BCUT2D eigenvalue weighted by molar-refractivity contribution is -0.188. The fourth-order valence-electron chi connectivity index (χ4n) is 2.36. The van der Waals surface area contributed by atoms with Crippen molar-refractivity contribution in [3.63, 3.8) is 0 Å². The first kappa shape index (κ1) is 14.4. The molecule has 21 heavy (non-hydrogen) atoms. The molecule has 0 amide bonds. The van der Waals surface area contributed by atoms with Crippen molar-refractivity contribution in [2.45, 2.75) is 31.0 Å². The zero-order valence-electron chi connectivity index (χ0n) is 10.7. The van der Waals surface area contributed by atoms with Gasteiger partial charge in [-0.05, 0) is 11.6 Å². The van der Waals surface area contributed by atoms with Gasteiger partial charge < -0.3 is 20.7 Å². The fourth-order valence-corrected chi connectivity index (χ4v) is 2.53. The molecule has 3 rings (SSSR count). The van der Waals surface area contributed by atoms with E-state index in [2.05, 4.69) is 15.0 Å². The average molecular weight is 318 g/mol. The maximum Gasteiger partial charge on any atom is 0.226 e. The third kappa shape index (κ3) is 2.42. The Bertz CT molecular complexity index is 669. The van der Waals surface area contributed by atoms with Gasteiger partial charge in [-0.3, -0.25) is 4.57 Å². The number of aliphatic hydroxyl groups is 2. The molecule has 1 aliphatic heterocycles. The van der Waals surface area contributed by atoms with Crippen LogP contribution in [0.5, 0.6) is 0 Å². The van der Waals surface area contributed by atoms with Crippen LogP contribution >= 0.6 is 11.6 Å². The number of nitrogen functional groups attached to an aromatic ring is 1. The number of nitrogens with two attached hydrogens (primary N) is 1. The molecule has 0 radical (unpaired) electrons. The van der Waals surface area contributed by atoms with Crippen LogP contribution in [-0.4, -0.2) is 54.7 Å². The van der Waals surface area contributed by atoms with Crippen LogP contribution in [0, 0.1) is 0 Å². The number of aliphatic hydroxyl groups excluding tert-OH is 2. The SMILES string of the molecule is Nc1nc(Cl)nc2c1ncn2[C@@H]1O[C@H](CO)[C@H](O)CC1F. The molecule has 1 aliphatic rings. The topological polar surface area (TPSA) is 119 Å². The summed E-state index contributed by atoms with van der Waals surface area (Å²) in [4.78, 5) is 11.8. The lowest BCUT2D eigenvalue weighted by Gasteiger charge is -2.35. The predicted octanol–water partition coefficient (Wildman–Crippen LogP) is 0.0407. The summed E-state index contributed by atoms with van der Waals surface area (Å²) in [6.07, 6.45) is -3.37. The zero-order chi connectivity index (χ0) is 15.1. The Labute approximate surface area is 123 Å². The van der Waals surface area contributed by atoms with Crippen molar-refractivity contribution in [3.05, 3.63) is 11.6 Å². The molecule has 114 valence electrons. The summed E-state index contributed by atoms with van der Waals surface area (Å²) in [5, 5.41) is 18.7. The zero-order valence-corrected chi connectivity index (χ0v) is 11.5. The van der Waals surface area contributed by atoms with Gasteiger partial charge in [0.1, 0.15) is 17.8 Å². The second-order valence-electron chi connectivity index (χ2n) is 4.77. The summed E-state index contributed by atoms with van der Waals surface area (Å²) in [7, 11) is 0. The third-order valence-corrected chi connectivity index (χ3v) is 3.56. The van der Waals surface area contributed by atoms with Gasteiger partial charge in [0.2, 0.25) is 5.28 Å². The number of nitrogens with zero attached hydrogens (tertiary/aromatic N) is 4. The summed E-state index contributed by atoms with van der Waals surface area (Å²) in [5.74, 6) is 0.0775. The van der Waals surface area contributed by atoms with Gasteiger partial charge in [0.05, 0.1) is 19.0 Å². The minimum atomic E-state index is -1.49. The number of hydrogen-bond acceptors (Lipinski definition) is 7. The second kappa shape index (κ2) is 5.34. The summed E-state index contributed by atoms with van der Waals surface area (Å²) >= 11 is 5.75. The molecule has 10 heteroatoms. The molecule has 8 nitrogen and oxygen atoms in total. The first-order chi connectivity index (χ1) is 10.0. The fraction of sp³-hybridized carbons (Fsp3) is 0.545. The highest BCUT2D eigenvalue weighted by Crippen LogP contribution is 2.32. The van der Waals surface area contributed by atoms with Gasteiger partial charge in [0.15, 0.2) is 17.7 Å². The molecule has 4 N–H and O–H groups in total. The number of hydrogen-bond donors (Lipinski definition) is 3. The van der Waals surface area contributed by atoms with Crippen molar-refractivity contribution < 1.29 is 19.3 Å². The van der Waals surface area contributed by atoms with E-state index < -0.39 is 31.2 Å². The van der Waals surface area contributed by atoms with Gasteiger partial charge in [-0.25, -0.2) is 9.37 Å². The monoisotopic (exact) mass is 317 g/mol. The smallest absolute Gasteiger partial charge is 0.226 e. The molecular formula is C11H13ClFN5O3. The number of anilines is 1. The molecule has 1 unspecified atom stereocenters. The van der Waals surface area contributed by atoms with Crippen LogP contribution in [0.1, 0.15) is 12.6 Å². The molecule has 3 heterocycles. The Balaban J connectivity index is 2.03. The van der Waals surface area contributed by atoms with Crippen molar-refractivity contribution in [2.24, 2.45) is 0 Å². The van der Waals surface area contributed by atoms with Gasteiger partial charge in [0.25, 0.3) is 0 Å². The highest BCUT2D eigenvalue weighted by atomic mass is 35.5. The molecule has 2 aromatic heterocycles. The maximum atomic E-state index is 14.2. The first-order valence-electron chi connectivity index (χ1n) is 6.25. The minimum absolute atomic E-state index is 0.0775. The Morgan fingerprint density at radius 2 is 2.29 bits per heavy atom. The minimum Gasteiger partial charge on any atom is -0.394 e. The Morgan fingerprint density at radius 1 is 1.52 bits per heavy atom. The molecule has 1 fully saturated rings. The van der Waals surface area contributed by atoms with E-state index in [1.165, 1.54) is 10.9 Å². The molecule has 0 saturated carbocycles. The van der Waals surface area contributed by atoms with Crippen molar-refractivity contribution in [3.8, 4) is 0 Å². The molecule has 0 aliphatic carbocycles. The van der Waals surface area contributed by atoms with Gasteiger partial charge in [-0.1, -0.05) is 0 Å². The van der Waals surface area contributed by atoms with Crippen molar-refractivity contribution in [1.82, 2.24) is 19.5 Å². The van der Waals surface area contributed by atoms with Crippen molar-refractivity contribution in [2.75, 3.05) is 12.3 Å². The van der Waals surface area contributed by atoms with Crippen LogP contribution in [0.2, 0.25) is 5.28 Å². The van der Waals surface area contributed by atoms with Gasteiger partial charge in [-0.2, -0.15) is 9.97 Å². The van der Waals surface area contributed by atoms with E-state index >= 15 is 0 Å². The third-order valence-electron chi connectivity index (χ3n) is 3.39. The van der Waals surface area contributed by atoms with Crippen LogP contribution in [0.25, 0.3) is 11.2 Å². The predicted molar refractivity (Wildman–Crippen MR) is 71.3 cm³/mol. The molecule has 0 spiro atoms. The quantitative estimate of drug-likeness (QED) is 0.669. The normalized spacial score (nSPS) is 29.9. The number of halogens is 2. The van der Waals surface area contributed by atoms with Crippen LogP contribution in [-0.2, 0) is 4.74 Å². The Hall–Kier alpha value is -1.55. The van der Waals surface area contributed by atoms with Crippen molar-refractivity contribution >= 4 is 28.6 Å². The number of aromatic nitrogens is 4. The summed E-state index contributed by atoms with van der Waals surface area (Å²) < 4.78 is 20.9. The van der Waals surface area contributed by atoms with Gasteiger partial charge in [-0.15, -0.1) is 0 Å². The van der Waals surface area contributed by atoms with E-state index in [4.69, 9.17) is 27.2 Å². The number of fused-ring (bicyclic) bond motifs is 1. The molecule has 0 bridgehead atoms. The standard InChI is InChI=1S/C11H13ClFN5O3/c12-11-16-8(14)7-9(17-11)18(3-15-7)10-4(13)1-5(20)6(2-19)21-10/h3-6,10,19-20H,1-2H2,(H2,14,16,17)/t4?,5-,6-,10-/m1/s1. The van der Waals surface area contributed by atoms with E-state index in [0.29, 0.717) is 0 Å². The summed E-state index contributed by atoms with van der Waals surface area (Å²) in [6.45, 7) is -0.422. The van der Waals surface area contributed by atoms with Crippen LogP contribution in [0.3, 0.4) is 0 Å². The average Bonchev–Trinajstić information content (AvgIpc) is 2.83. The maximum absolute atomic E-state index is 14.2. The van der Waals surface area contributed by atoms with E-state index in [-0.39, 0.29) is 28.7 Å². The van der Waals surface area contributed by atoms with Crippen LogP contribution in [0.4, 0.5) is 10.2 Å². The molecule has 1 saturated heterocycles. The summed E-state index contributed by atoms with van der Waals surface area (Å²) in [6, 6.07) is 0. The van der Waals surface area contributed by atoms with Crippen molar-refractivity contribution in [1.29, 1.82) is 0 Å². The van der Waals surface area contributed by atoms with E-state index in [1.807, 2.05) is 0 Å². The van der Waals surface area contributed by atoms with Gasteiger partial charge in [0, 0.05) is 6.42 Å². The molecule has 2 aromatic rings. The second-order valence-corrected chi connectivity index (χ2v) is 5.11. The van der Waals surface area contributed by atoms with Crippen LogP contribution < -0.4 is 5.73 Å². The number of rotatable bonds is 2. The first-order valence-corrected chi connectivity index (χ1v) is 6.63. The highest BCUT2D eigenvalue weighted by molar-refractivity contribution is 6.28. The molecule has 4 atom stereocenters. The van der Waals surface area contributed by atoms with Crippen LogP contribution in [0.15, 0.2) is 6.33 Å². The lowest BCUT2D eigenvalue weighted by atomic mass is 10.0. The Morgan fingerprint density at radius 3 is 3.00 bits per heavy atom. The van der Waals surface area contributed by atoms with E-state index in [9.17, 15) is 9.50 Å². The summed E-state index contributed by atoms with van der Waals surface area (Å²) in [5.41, 5.74) is 6.19. The Kier molecular flexibility index (Phi) is 3.66. The number of ether oxygens (including phenoxy) is 1. The van der Waals surface area contributed by atoms with E-state index in [1.54, 1.807) is 0 Å².